The van der Waals surface area contributed by atoms with E-state index >= 15 is 0 Å². The second-order valence-electron chi connectivity index (χ2n) is 3.07. The van der Waals surface area contributed by atoms with Crippen molar-refractivity contribution in [2.75, 3.05) is 0 Å². The normalized spacial score (nSPS) is 12.4. The van der Waals surface area contributed by atoms with E-state index in [1.807, 2.05) is 0 Å². The number of amidine groups is 1. The predicted molar refractivity (Wildman–Crippen MR) is 50.6 cm³/mol. The van der Waals surface area contributed by atoms with Crippen molar-refractivity contribution in [3.05, 3.63) is 0 Å². The topological polar surface area (TPSA) is 113 Å². The highest BCUT2D eigenvalue weighted by Crippen LogP contribution is 2.04. The van der Waals surface area contributed by atoms with Crippen LogP contribution >= 0.6 is 0 Å². The molecule has 0 spiro atoms. The molecule has 76 valence electrons. The molecule has 0 radical (unpaired) electrons. The van der Waals surface area contributed by atoms with E-state index in [0.717, 1.165) is 19.3 Å². The summed E-state index contributed by atoms with van der Waals surface area (Å²) < 4.78 is 0. The lowest BCUT2D eigenvalue weighted by molar-refractivity contribution is -0.138. The fourth-order valence-corrected chi connectivity index (χ4v) is 0.980. The van der Waals surface area contributed by atoms with E-state index in [9.17, 15) is 4.79 Å². The van der Waals surface area contributed by atoms with Gasteiger partial charge in [0.2, 0.25) is 0 Å². The molecule has 0 saturated heterocycles. The predicted octanol–water partition coefficient (Wildman–Crippen LogP) is 0.285. The Hall–Kier alpha value is -1.10. The summed E-state index contributed by atoms with van der Waals surface area (Å²) in [6, 6.07) is -0.752. The van der Waals surface area contributed by atoms with Crippen molar-refractivity contribution >= 4 is 11.8 Å². The summed E-state index contributed by atoms with van der Waals surface area (Å²) in [7, 11) is 0. The van der Waals surface area contributed by atoms with E-state index in [1.54, 1.807) is 0 Å². The van der Waals surface area contributed by atoms with Gasteiger partial charge in [-0.1, -0.05) is 12.8 Å². The van der Waals surface area contributed by atoms with Gasteiger partial charge in [0.15, 0.2) is 0 Å². The Bertz CT molecular complexity index is 182. The minimum absolute atomic E-state index is 0.183. The van der Waals surface area contributed by atoms with Crippen LogP contribution in [0.1, 0.15) is 32.1 Å². The van der Waals surface area contributed by atoms with E-state index in [0.29, 0.717) is 12.8 Å². The molecule has 0 aromatic heterocycles. The third-order valence-electron chi connectivity index (χ3n) is 1.78. The standard InChI is InChI=1S/C8H17N3O2/c9-6(8(12)13)4-2-1-3-5-7(10)11/h6H,1-5,9H2,(H3,10,11)(H,12,13). The van der Waals surface area contributed by atoms with E-state index < -0.39 is 12.0 Å². The van der Waals surface area contributed by atoms with E-state index in [1.165, 1.54) is 0 Å². The zero-order valence-corrected chi connectivity index (χ0v) is 7.62. The molecular formula is C8H17N3O2. The molecular weight excluding hydrogens is 170 g/mol. The Labute approximate surface area is 77.6 Å². The maximum absolute atomic E-state index is 10.3. The number of carbonyl (C=O) groups is 1. The average molecular weight is 187 g/mol. The van der Waals surface area contributed by atoms with Gasteiger partial charge < -0.3 is 16.6 Å². The molecule has 13 heavy (non-hydrogen) atoms. The Balaban J connectivity index is 3.26. The lowest BCUT2D eigenvalue weighted by Gasteiger charge is -2.05. The van der Waals surface area contributed by atoms with Crippen LogP contribution in [0.5, 0.6) is 0 Å². The van der Waals surface area contributed by atoms with Gasteiger partial charge in [-0.2, -0.15) is 0 Å². The van der Waals surface area contributed by atoms with Crippen molar-refractivity contribution in [1.29, 1.82) is 5.41 Å². The quantitative estimate of drug-likeness (QED) is 0.260. The number of carboxylic acid groups (broad SMARTS) is 1. The first kappa shape index (κ1) is 11.9. The molecule has 0 aliphatic carbocycles. The Morgan fingerprint density at radius 1 is 1.38 bits per heavy atom. The first-order chi connectivity index (χ1) is 6.04. The molecule has 0 aromatic carbocycles. The highest BCUT2D eigenvalue weighted by atomic mass is 16.4. The van der Waals surface area contributed by atoms with E-state index in [2.05, 4.69) is 0 Å². The van der Waals surface area contributed by atoms with Crippen molar-refractivity contribution in [2.45, 2.75) is 38.1 Å². The van der Waals surface area contributed by atoms with Crippen molar-refractivity contribution in [3.63, 3.8) is 0 Å². The van der Waals surface area contributed by atoms with Crippen LogP contribution in [0.3, 0.4) is 0 Å². The minimum Gasteiger partial charge on any atom is -0.480 e. The minimum atomic E-state index is -0.952. The molecule has 0 amide bonds. The number of carboxylic acids is 1. The zero-order valence-electron chi connectivity index (χ0n) is 7.62. The Kier molecular flexibility index (Phi) is 5.88. The van der Waals surface area contributed by atoms with E-state index in [4.69, 9.17) is 22.0 Å². The second kappa shape index (κ2) is 6.42. The van der Waals surface area contributed by atoms with Crippen LogP contribution < -0.4 is 11.5 Å². The van der Waals surface area contributed by atoms with Crippen LogP contribution in [0.25, 0.3) is 0 Å². The molecule has 0 rings (SSSR count). The van der Waals surface area contributed by atoms with Gasteiger partial charge in [0.05, 0.1) is 5.84 Å². The maximum Gasteiger partial charge on any atom is 0.320 e. The number of hydrogen-bond acceptors (Lipinski definition) is 3. The number of nitrogens with one attached hydrogen (secondary N) is 1. The Morgan fingerprint density at radius 2 is 2.00 bits per heavy atom. The van der Waals surface area contributed by atoms with Crippen molar-refractivity contribution in [2.24, 2.45) is 11.5 Å². The van der Waals surface area contributed by atoms with Crippen molar-refractivity contribution < 1.29 is 9.90 Å². The van der Waals surface area contributed by atoms with Gasteiger partial charge in [-0.15, -0.1) is 0 Å². The van der Waals surface area contributed by atoms with Gasteiger partial charge in [-0.3, -0.25) is 10.2 Å². The summed E-state index contributed by atoms with van der Waals surface area (Å²) in [5.74, 6) is -0.769. The molecule has 1 unspecified atom stereocenters. The summed E-state index contributed by atoms with van der Waals surface area (Å²) in [6.07, 6.45) is 3.57. The fourth-order valence-electron chi connectivity index (χ4n) is 0.980. The van der Waals surface area contributed by atoms with Crippen LogP contribution in [0.4, 0.5) is 0 Å². The summed E-state index contributed by atoms with van der Waals surface area (Å²) in [5.41, 5.74) is 10.4. The lowest BCUT2D eigenvalue weighted by atomic mass is 10.1. The molecule has 0 aromatic rings. The van der Waals surface area contributed by atoms with Crippen LogP contribution in [0.15, 0.2) is 0 Å². The SMILES string of the molecule is N=C(N)CCCCCC(N)C(=O)O. The average Bonchev–Trinajstić information content (AvgIpc) is 2.02. The molecule has 0 saturated carbocycles. The molecule has 6 N–H and O–H groups in total. The lowest BCUT2D eigenvalue weighted by Crippen LogP contribution is -2.29. The van der Waals surface area contributed by atoms with Crippen LogP contribution in [-0.4, -0.2) is 23.0 Å². The van der Waals surface area contributed by atoms with Gasteiger partial charge in [-0.25, -0.2) is 0 Å². The van der Waals surface area contributed by atoms with Gasteiger partial charge >= 0.3 is 5.97 Å². The smallest absolute Gasteiger partial charge is 0.320 e. The molecule has 5 heteroatoms. The van der Waals surface area contributed by atoms with Crippen LogP contribution in [0, 0.1) is 5.41 Å². The van der Waals surface area contributed by atoms with Crippen molar-refractivity contribution in [1.82, 2.24) is 0 Å². The first-order valence-electron chi connectivity index (χ1n) is 4.35. The summed E-state index contributed by atoms with van der Waals surface area (Å²) in [5, 5.41) is 15.4. The zero-order chi connectivity index (χ0) is 10.3. The van der Waals surface area contributed by atoms with E-state index in [-0.39, 0.29) is 5.84 Å². The van der Waals surface area contributed by atoms with Crippen LogP contribution in [0.2, 0.25) is 0 Å². The molecule has 0 heterocycles. The van der Waals surface area contributed by atoms with Gasteiger partial charge in [0, 0.05) is 6.42 Å². The van der Waals surface area contributed by atoms with Gasteiger partial charge in [0.1, 0.15) is 6.04 Å². The van der Waals surface area contributed by atoms with Crippen molar-refractivity contribution in [3.8, 4) is 0 Å². The number of hydrogen-bond donors (Lipinski definition) is 4. The third-order valence-corrected chi connectivity index (χ3v) is 1.78. The molecule has 1 atom stereocenters. The van der Waals surface area contributed by atoms with Gasteiger partial charge in [-0.05, 0) is 12.8 Å². The number of rotatable bonds is 7. The number of aliphatic carboxylic acids is 1. The number of nitrogens with two attached hydrogens (primary N) is 2. The fraction of sp³-hybridized carbons (Fsp3) is 0.750. The highest BCUT2D eigenvalue weighted by Gasteiger charge is 2.09. The monoisotopic (exact) mass is 187 g/mol. The second-order valence-corrected chi connectivity index (χ2v) is 3.07. The molecule has 0 bridgehead atoms. The van der Waals surface area contributed by atoms with Crippen LogP contribution in [-0.2, 0) is 4.79 Å². The third kappa shape index (κ3) is 7.27. The molecule has 5 nitrogen and oxygen atoms in total. The summed E-state index contributed by atoms with van der Waals surface area (Å²) in [4.78, 5) is 10.3. The Morgan fingerprint density at radius 3 is 2.46 bits per heavy atom. The number of unbranched alkanes of at least 4 members (excludes halogenated alkanes) is 2. The molecule has 0 fully saturated rings. The molecule has 0 aliphatic heterocycles. The maximum atomic E-state index is 10.3. The van der Waals surface area contributed by atoms with Gasteiger partial charge in [0.25, 0.3) is 0 Å². The first-order valence-corrected chi connectivity index (χ1v) is 4.35. The highest BCUT2D eigenvalue weighted by molar-refractivity contribution is 5.76. The largest absolute Gasteiger partial charge is 0.480 e. The summed E-state index contributed by atoms with van der Waals surface area (Å²) >= 11 is 0. The summed E-state index contributed by atoms with van der Waals surface area (Å²) in [6.45, 7) is 0. The molecule has 0 aliphatic rings.